The van der Waals surface area contributed by atoms with Gasteiger partial charge >= 0.3 is 5.97 Å². The number of hydrogen-bond acceptors (Lipinski definition) is 4. The maximum absolute atomic E-state index is 11.0. The number of benzene rings is 1. The smallest absolute Gasteiger partial charge is 0.338 e. The zero-order valence-corrected chi connectivity index (χ0v) is 13.9. The highest BCUT2D eigenvalue weighted by Crippen LogP contribution is 2.28. The van der Waals surface area contributed by atoms with Gasteiger partial charge in [0.2, 0.25) is 0 Å². The Kier molecular flexibility index (Phi) is 5.90. The number of carboxylic acids is 1. The lowest BCUT2D eigenvalue weighted by molar-refractivity contribution is 0.0692. The van der Waals surface area contributed by atoms with E-state index in [0.717, 1.165) is 4.47 Å². The van der Waals surface area contributed by atoms with Gasteiger partial charge in [0.15, 0.2) is 0 Å². The Morgan fingerprint density at radius 1 is 1.43 bits per heavy atom. The predicted octanol–water partition coefficient (Wildman–Crippen LogP) is 4.37. The van der Waals surface area contributed by atoms with Gasteiger partial charge in [-0.15, -0.1) is 11.8 Å². The SMILES string of the molecule is O=C(O)c1cccnc1SCCOc1ccc(Cl)cc1Br. The van der Waals surface area contributed by atoms with Crippen LogP contribution >= 0.6 is 39.3 Å². The molecule has 1 aromatic heterocycles. The van der Waals surface area contributed by atoms with Crippen LogP contribution in [0.3, 0.4) is 0 Å². The monoisotopic (exact) mass is 387 g/mol. The summed E-state index contributed by atoms with van der Waals surface area (Å²) in [4.78, 5) is 15.1. The van der Waals surface area contributed by atoms with E-state index in [4.69, 9.17) is 21.4 Å². The molecule has 1 N–H and O–H groups in total. The fraction of sp³-hybridized carbons (Fsp3) is 0.143. The second-order valence-electron chi connectivity index (χ2n) is 3.93. The molecule has 0 unspecified atom stereocenters. The summed E-state index contributed by atoms with van der Waals surface area (Å²) in [5, 5.41) is 10.2. The van der Waals surface area contributed by atoms with E-state index in [0.29, 0.717) is 28.2 Å². The average molecular weight is 389 g/mol. The number of halogens is 2. The van der Waals surface area contributed by atoms with Gasteiger partial charge in [-0.3, -0.25) is 0 Å². The molecule has 0 saturated carbocycles. The number of carboxylic acid groups (broad SMARTS) is 1. The maximum Gasteiger partial charge on any atom is 0.338 e. The number of ether oxygens (including phenoxy) is 1. The van der Waals surface area contributed by atoms with Gasteiger partial charge in [0.25, 0.3) is 0 Å². The molecule has 4 nitrogen and oxygen atoms in total. The van der Waals surface area contributed by atoms with E-state index in [1.807, 2.05) is 0 Å². The number of pyridine rings is 1. The quantitative estimate of drug-likeness (QED) is 0.588. The molecule has 0 aliphatic heterocycles. The Morgan fingerprint density at radius 3 is 2.95 bits per heavy atom. The number of aromatic nitrogens is 1. The molecule has 110 valence electrons. The molecule has 0 atom stereocenters. The van der Waals surface area contributed by atoms with Crippen LogP contribution in [-0.4, -0.2) is 28.4 Å². The number of thioether (sulfide) groups is 1. The standard InChI is InChI=1S/C14H11BrClNO3S/c15-11-8-9(16)3-4-12(11)20-6-7-21-13-10(14(18)19)2-1-5-17-13/h1-5,8H,6-7H2,(H,18,19). The van der Waals surface area contributed by atoms with E-state index in [2.05, 4.69) is 20.9 Å². The molecule has 0 aliphatic rings. The highest BCUT2D eigenvalue weighted by Gasteiger charge is 2.10. The van der Waals surface area contributed by atoms with Crippen LogP contribution in [0.2, 0.25) is 5.02 Å². The summed E-state index contributed by atoms with van der Waals surface area (Å²) in [5.74, 6) is 0.304. The van der Waals surface area contributed by atoms with E-state index in [1.54, 1.807) is 30.5 Å². The summed E-state index contributed by atoms with van der Waals surface area (Å²) in [7, 11) is 0. The van der Waals surface area contributed by atoms with E-state index in [9.17, 15) is 4.79 Å². The Bertz CT molecular complexity index is 654. The third kappa shape index (κ3) is 4.62. The Morgan fingerprint density at radius 2 is 2.24 bits per heavy atom. The predicted molar refractivity (Wildman–Crippen MR) is 86.6 cm³/mol. The van der Waals surface area contributed by atoms with Crippen LogP contribution < -0.4 is 4.74 Å². The number of nitrogens with zero attached hydrogens (tertiary/aromatic N) is 1. The van der Waals surface area contributed by atoms with Crippen LogP contribution in [0.15, 0.2) is 46.0 Å². The summed E-state index contributed by atoms with van der Waals surface area (Å²) in [5.41, 5.74) is 0.204. The second kappa shape index (κ2) is 7.68. The molecular formula is C14H11BrClNO3S. The molecule has 0 radical (unpaired) electrons. The van der Waals surface area contributed by atoms with E-state index >= 15 is 0 Å². The van der Waals surface area contributed by atoms with Crippen molar-refractivity contribution >= 4 is 45.3 Å². The highest BCUT2D eigenvalue weighted by atomic mass is 79.9. The van der Waals surface area contributed by atoms with Crippen LogP contribution in [0.4, 0.5) is 0 Å². The van der Waals surface area contributed by atoms with Crippen molar-refractivity contribution in [1.82, 2.24) is 4.98 Å². The summed E-state index contributed by atoms with van der Waals surface area (Å²) >= 11 is 10.6. The largest absolute Gasteiger partial charge is 0.492 e. The molecule has 0 saturated heterocycles. The summed E-state index contributed by atoms with van der Waals surface area (Å²) in [6.07, 6.45) is 1.57. The van der Waals surface area contributed by atoms with Crippen LogP contribution in [0.5, 0.6) is 5.75 Å². The van der Waals surface area contributed by atoms with Crippen LogP contribution in [-0.2, 0) is 0 Å². The molecule has 1 aromatic carbocycles. The topological polar surface area (TPSA) is 59.4 Å². The molecule has 0 amide bonds. The fourth-order valence-electron chi connectivity index (χ4n) is 1.55. The van der Waals surface area contributed by atoms with Crippen molar-refractivity contribution in [2.75, 3.05) is 12.4 Å². The van der Waals surface area contributed by atoms with E-state index < -0.39 is 5.97 Å². The van der Waals surface area contributed by atoms with Crippen molar-refractivity contribution in [3.8, 4) is 5.75 Å². The van der Waals surface area contributed by atoms with Gasteiger partial charge < -0.3 is 9.84 Å². The van der Waals surface area contributed by atoms with Gasteiger partial charge in [0.1, 0.15) is 10.8 Å². The van der Waals surface area contributed by atoms with Gasteiger partial charge in [-0.05, 0) is 46.3 Å². The van der Waals surface area contributed by atoms with Crippen molar-refractivity contribution < 1.29 is 14.6 Å². The molecule has 0 fully saturated rings. The van der Waals surface area contributed by atoms with Crippen molar-refractivity contribution in [2.45, 2.75) is 5.03 Å². The molecule has 1 heterocycles. The van der Waals surface area contributed by atoms with Crippen LogP contribution in [0.25, 0.3) is 0 Å². The average Bonchev–Trinajstić information content (AvgIpc) is 2.45. The van der Waals surface area contributed by atoms with Crippen LogP contribution in [0.1, 0.15) is 10.4 Å². The van der Waals surface area contributed by atoms with Crippen LogP contribution in [0, 0.1) is 0 Å². The first-order chi connectivity index (χ1) is 10.1. The maximum atomic E-state index is 11.0. The first-order valence-electron chi connectivity index (χ1n) is 5.97. The minimum Gasteiger partial charge on any atom is -0.492 e. The lowest BCUT2D eigenvalue weighted by Gasteiger charge is -2.08. The summed E-state index contributed by atoms with van der Waals surface area (Å²) < 4.78 is 6.39. The minimum atomic E-state index is -0.980. The van der Waals surface area contributed by atoms with Crippen molar-refractivity contribution in [1.29, 1.82) is 0 Å². The van der Waals surface area contributed by atoms with Gasteiger partial charge in [-0.2, -0.15) is 0 Å². The number of carbonyl (C=O) groups is 1. The van der Waals surface area contributed by atoms with Gasteiger partial charge in [0, 0.05) is 17.0 Å². The number of hydrogen-bond donors (Lipinski definition) is 1. The van der Waals surface area contributed by atoms with E-state index in [-0.39, 0.29) is 5.56 Å². The third-order valence-corrected chi connectivity index (χ3v) is 4.30. The van der Waals surface area contributed by atoms with Crippen molar-refractivity contribution in [2.24, 2.45) is 0 Å². The minimum absolute atomic E-state index is 0.204. The Balaban J connectivity index is 1.89. The van der Waals surface area contributed by atoms with Gasteiger partial charge in [0.05, 0.1) is 16.6 Å². The summed E-state index contributed by atoms with van der Waals surface area (Å²) in [6.45, 7) is 0.431. The van der Waals surface area contributed by atoms with Gasteiger partial charge in [-0.1, -0.05) is 11.6 Å². The Hall–Kier alpha value is -1.24. The molecule has 0 bridgehead atoms. The zero-order chi connectivity index (χ0) is 15.2. The summed E-state index contributed by atoms with van der Waals surface area (Å²) in [6, 6.07) is 8.42. The zero-order valence-electron chi connectivity index (χ0n) is 10.8. The lowest BCUT2D eigenvalue weighted by atomic mass is 10.3. The first kappa shape index (κ1) is 16.1. The molecule has 2 aromatic rings. The van der Waals surface area contributed by atoms with E-state index in [1.165, 1.54) is 17.8 Å². The highest BCUT2D eigenvalue weighted by molar-refractivity contribution is 9.10. The molecule has 0 aliphatic carbocycles. The molecule has 7 heteroatoms. The van der Waals surface area contributed by atoms with Crippen molar-refractivity contribution in [3.05, 3.63) is 51.6 Å². The molecule has 0 spiro atoms. The Labute approximate surface area is 139 Å². The number of rotatable bonds is 6. The normalized spacial score (nSPS) is 10.4. The number of aromatic carboxylic acids is 1. The molecular weight excluding hydrogens is 378 g/mol. The second-order valence-corrected chi connectivity index (χ2v) is 6.31. The lowest BCUT2D eigenvalue weighted by Crippen LogP contribution is -2.04. The first-order valence-corrected chi connectivity index (χ1v) is 8.12. The van der Waals surface area contributed by atoms with Crippen molar-refractivity contribution in [3.63, 3.8) is 0 Å². The molecule has 2 rings (SSSR count). The fourth-order valence-corrected chi connectivity index (χ4v) is 3.15. The third-order valence-electron chi connectivity index (χ3n) is 2.48. The molecule has 21 heavy (non-hydrogen) atoms. The van der Waals surface area contributed by atoms with Gasteiger partial charge in [-0.25, -0.2) is 9.78 Å².